The molecule has 3 aromatic rings. The van der Waals surface area contributed by atoms with Gasteiger partial charge in [0.1, 0.15) is 18.4 Å². The molecule has 1 aromatic heterocycles. The Morgan fingerprint density at radius 1 is 1.02 bits per heavy atom. The molecule has 10 heteroatoms. The molecule has 1 N–H and O–H groups in total. The van der Waals surface area contributed by atoms with Gasteiger partial charge in [0.25, 0.3) is 5.91 Å². The summed E-state index contributed by atoms with van der Waals surface area (Å²) in [6.07, 6.45) is 3.88. The molecule has 0 spiro atoms. The number of fused-ring (bicyclic) bond motifs is 1. The van der Waals surface area contributed by atoms with Gasteiger partial charge in [-0.25, -0.2) is 0 Å². The number of hydrogen-bond donors (Lipinski definition) is 1. The molecule has 214 valence electrons. The second-order valence-electron chi connectivity index (χ2n) is 11.0. The van der Waals surface area contributed by atoms with E-state index in [9.17, 15) is 14.4 Å². The predicted molar refractivity (Wildman–Crippen MR) is 151 cm³/mol. The molecule has 6 rings (SSSR count). The molecule has 10 nitrogen and oxygen atoms in total. The second kappa shape index (κ2) is 11.8. The molecule has 2 atom stereocenters. The van der Waals surface area contributed by atoms with E-state index in [0.29, 0.717) is 44.2 Å². The summed E-state index contributed by atoms with van der Waals surface area (Å²) in [5.74, 6) is -0.171. The zero-order valence-corrected chi connectivity index (χ0v) is 23.3. The van der Waals surface area contributed by atoms with Crippen LogP contribution in [0, 0.1) is 0 Å². The summed E-state index contributed by atoms with van der Waals surface area (Å²) < 4.78 is 14.2. The van der Waals surface area contributed by atoms with Crippen LogP contribution in [0.3, 0.4) is 0 Å². The Labute approximate surface area is 239 Å². The number of aryl methyl sites for hydroxylation is 1. The third-order valence-corrected chi connectivity index (χ3v) is 8.19. The fraction of sp³-hybridized carbons (Fsp3) is 0.419. The molecule has 0 bridgehead atoms. The highest BCUT2D eigenvalue weighted by Gasteiger charge is 2.39. The number of benzene rings is 2. The van der Waals surface area contributed by atoms with Crippen LogP contribution in [0.1, 0.15) is 53.7 Å². The lowest BCUT2D eigenvalue weighted by Crippen LogP contribution is -2.52. The lowest BCUT2D eigenvalue weighted by Gasteiger charge is -2.35. The number of likely N-dealkylation sites (tertiary alicyclic amines) is 1. The fourth-order valence-electron chi connectivity index (χ4n) is 6.00. The first-order valence-electron chi connectivity index (χ1n) is 14.3. The van der Waals surface area contributed by atoms with Crippen LogP contribution in [0.4, 0.5) is 0 Å². The van der Waals surface area contributed by atoms with Crippen LogP contribution in [0.15, 0.2) is 54.6 Å². The summed E-state index contributed by atoms with van der Waals surface area (Å²) in [7, 11) is 1.95. The highest BCUT2D eigenvalue weighted by atomic mass is 16.5. The van der Waals surface area contributed by atoms with Gasteiger partial charge < -0.3 is 14.4 Å². The monoisotopic (exact) mass is 557 g/mol. The molecule has 2 aromatic carbocycles. The Hall–Kier alpha value is -4.02. The number of ether oxygens (including phenoxy) is 2. The molecule has 3 aliphatic rings. The predicted octanol–water partition coefficient (Wildman–Crippen LogP) is 3.26. The van der Waals surface area contributed by atoms with Gasteiger partial charge in [-0.15, -0.1) is 0 Å². The quantitative estimate of drug-likeness (QED) is 0.403. The Morgan fingerprint density at radius 2 is 1.88 bits per heavy atom. The highest BCUT2D eigenvalue weighted by molar-refractivity contribution is 6.05. The van der Waals surface area contributed by atoms with E-state index in [1.807, 2.05) is 42.1 Å². The first-order valence-corrected chi connectivity index (χ1v) is 14.3. The zero-order chi connectivity index (χ0) is 28.3. The van der Waals surface area contributed by atoms with Crippen LogP contribution in [-0.2, 0) is 34.5 Å². The van der Waals surface area contributed by atoms with Gasteiger partial charge >= 0.3 is 0 Å². The summed E-state index contributed by atoms with van der Waals surface area (Å²) in [5.41, 5.74) is 4.51. The van der Waals surface area contributed by atoms with Gasteiger partial charge in [-0.05, 0) is 54.7 Å². The van der Waals surface area contributed by atoms with Crippen molar-refractivity contribution in [1.82, 2.24) is 24.9 Å². The van der Waals surface area contributed by atoms with Crippen LogP contribution in [-0.4, -0.2) is 69.3 Å². The van der Waals surface area contributed by atoms with Gasteiger partial charge in [0.2, 0.25) is 11.8 Å². The van der Waals surface area contributed by atoms with Crippen molar-refractivity contribution in [3.63, 3.8) is 0 Å². The number of amides is 3. The standard InChI is InChI=1S/C31H35N5O5/c1-34-28(21-7-3-2-4-8-21)16-23(33-34)18-40-20-35-14-6-5-9-24(35)19-41-25-10-11-26-22(15-25)17-36(31(26)39)27-12-13-29(37)32-30(27)38/h2-4,7-8,10-11,15-16,24,27H,5-6,9,12-14,17-20H2,1H3,(H,32,37,38)/t24-,27?/m0/s1. The molecule has 0 saturated carbocycles. The molecule has 41 heavy (non-hydrogen) atoms. The van der Waals surface area contributed by atoms with E-state index in [1.165, 1.54) is 0 Å². The van der Waals surface area contributed by atoms with Gasteiger partial charge in [0.15, 0.2) is 0 Å². The maximum atomic E-state index is 13.0. The van der Waals surface area contributed by atoms with Crippen molar-refractivity contribution in [3.05, 3.63) is 71.4 Å². The third-order valence-electron chi connectivity index (χ3n) is 8.19. The lowest BCUT2D eigenvalue weighted by atomic mass is 10.0. The zero-order valence-electron chi connectivity index (χ0n) is 23.3. The van der Waals surface area contributed by atoms with Crippen molar-refractivity contribution >= 4 is 17.7 Å². The molecule has 2 fully saturated rings. The van der Waals surface area contributed by atoms with E-state index in [-0.39, 0.29) is 24.3 Å². The van der Waals surface area contributed by atoms with E-state index in [1.54, 1.807) is 11.0 Å². The Balaban J connectivity index is 1.03. The van der Waals surface area contributed by atoms with Gasteiger partial charge in [-0.1, -0.05) is 36.8 Å². The van der Waals surface area contributed by atoms with E-state index in [0.717, 1.165) is 48.3 Å². The summed E-state index contributed by atoms with van der Waals surface area (Å²) in [6.45, 7) is 2.75. The maximum absolute atomic E-state index is 13.0. The van der Waals surface area contributed by atoms with E-state index < -0.39 is 11.9 Å². The van der Waals surface area contributed by atoms with E-state index in [2.05, 4.69) is 33.5 Å². The number of rotatable bonds is 9. The van der Waals surface area contributed by atoms with Gasteiger partial charge in [0, 0.05) is 38.2 Å². The Bertz CT molecular complexity index is 1440. The molecular formula is C31H35N5O5. The maximum Gasteiger partial charge on any atom is 0.255 e. The lowest BCUT2D eigenvalue weighted by molar-refractivity contribution is -0.136. The SMILES string of the molecule is Cn1nc(COCN2CCCC[C@H]2COc2ccc3c(c2)CN(C2CCC(=O)NC2=O)C3=O)cc1-c1ccccc1. The molecule has 1 unspecified atom stereocenters. The number of nitrogens with one attached hydrogen (secondary N) is 1. The first kappa shape index (κ1) is 27.2. The minimum absolute atomic E-state index is 0.180. The largest absolute Gasteiger partial charge is 0.492 e. The summed E-state index contributed by atoms with van der Waals surface area (Å²) >= 11 is 0. The molecule has 4 heterocycles. The van der Waals surface area contributed by atoms with Crippen LogP contribution in [0.2, 0.25) is 0 Å². The highest BCUT2D eigenvalue weighted by Crippen LogP contribution is 2.30. The van der Waals surface area contributed by atoms with E-state index >= 15 is 0 Å². The molecule has 3 amide bonds. The number of carbonyl (C=O) groups excluding carboxylic acids is 3. The minimum atomic E-state index is -0.622. The molecule has 2 saturated heterocycles. The Kier molecular flexibility index (Phi) is 7.84. The number of imide groups is 1. The van der Waals surface area contributed by atoms with Crippen LogP contribution < -0.4 is 10.1 Å². The molecule has 3 aliphatic heterocycles. The number of carbonyl (C=O) groups is 3. The first-order chi connectivity index (χ1) is 20.0. The molecule has 0 radical (unpaired) electrons. The van der Waals surface area contributed by atoms with Crippen molar-refractivity contribution in [3.8, 4) is 17.0 Å². The van der Waals surface area contributed by atoms with E-state index in [4.69, 9.17) is 9.47 Å². The Morgan fingerprint density at radius 3 is 2.71 bits per heavy atom. The van der Waals surface area contributed by atoms with Gasteiger partial charge in [-0.2, -0.15) is 5.10 Å². The summed E-state index contributed by atoms with van der Waals surface area (Å²) in [4.78, 5) is 40.7. The van der Waals surface area contributed by atoms with Crippen molar-refractivity contribution in [2.75, 3.05) is 19.9 Å². The average Bonchev–Trinajstić information content (AvgIpc) is 3.51. The van der Waals surface area contributed by atoms with Crippen molar-refractivity contribution in [2.45, 2.75) is 57.3 Å². The third kappa shape index (κ3) is 5.89. The second-order valence-corrected chi connectivity index (χ2v) is 11.0. The molecule has 0 aliphatic carbocycles. The summed E-state index contributed by atoms with van der Waals surface area (Å²) in [6, 6.07) is 17.4. The smallest absolute Gasteiger partial charge is 0.255 e. The number of hydrogen-bond acceptors (Lipinski definition) is 7. The fourth-order valence-corrected chi connectivity index (χ4v) is 6.00. The van der Waals surface area contributed by atoms with Crippen LogP contribution in [0.25, 0.3) is 11.3 Å². The number of nitrogens with zero attached hydrogens (tertiary/aromatic N) is 4. The van der Waals surface area contributed by atoms with Gasteiger partial charge in [0.05, 0.1) is 24.7 Å². The molecular weight excluding hydrogens is 522 g/mol. The minimum Gasteiger partial charge on any atom is -0.492 e. The average molecular weight is 558 g/mol. The number of aromatic nitrogens is 2. The summed E-state index contributed by atoms with van der Waals surface area (Å²) in [5, 5.41) is 6.97. The topological polar surface area (TPSA) is 106 Å². The van der Waals surface area contributed by atoms with Crippen LogP contribution >= 0.6 is 0 Å². The number of piperidine rings is 2. The van der Waals surface area contributed by atoms with Gasteiger partial charge in [-0.3, -0.25) is 29.3 Å². The van der Waals surface area contributed by atoms with Crippen molar-refractivity contribution in [1.29, 1.82) is 0 Å². The van der Waals surface area contributed by atoms with Crippen molar-refractivity contribution in [2.24, 2.45) is 7.05 Å². The van der Waals surface area contributed by atoms with Crippen molar-refractivity contribution < 1.29 is 23.9 Å². The normalized spacial score (nSPS) is 21.2. The van der Waals surface area contributed by atoms with Crippen LogP contribution in [0.5, 0.6) is 5.75 Å².